The zero-order valence-electron chi connectivity index (χ0n) is 13.4. The first-order valence-corrected chi connectivity index (χ1v) is 7.48. The van der Waals surface area contributed by atoms with Crippen molar-refractivity contribution in [3.05, 3.63) is 48.0 Å². The SMILES string of the molecule is CC(=O)N1c2ccccc2N(C(=O)c2cnc(C)cn2)C[C@@H]1C. The number of aromatic nitrogens is 2. The van der Waals surface area contributed by atoms with Crippen LogP contribution in [0.15, 0.2) is 36.7 Å². The average molecular weight is 310 g/mol. The third-order valence-corrected chi connectivity index (χ3v) is 3.90. The molecule has 1 aromatic carbocycles. The first-order valence-electron chi connectivity index (χ1n) is 7.48. The van der Waals surface area contributed by atoms with Gasteiger partial charge in [0.15, 0.2) is 0 Å². The minimum atomic E-state index is -0.208. The third-order valence-electron chi connectivity index (χ3n) is 3.90. The molecule has 0 N–H and O–H groups in total. The Morgan fingerprint density at radius 1 is 1.13 bits per heavy atom. The number of para-hydroxylation sites is 2. The molecule has 23 heavy (non-hydrogen) atoms. The van der Waals surface area contributed by atoms with Crippen LogP contribution in [0.4, 0.5) is 11.4 Å². The first kappa shape index (κ1) is 15.1. The fourth-order valence-electron chi connectivity index (χ4n) is 2.89. The maximum Gasteiger partial charge on any atom is 0.278 e. The summed E-state index contributed by atoms with van der Waals surface area (Å²) < 4.78 is 0. The molecule has 0 bridgehead atoms. The first-order chi connectivity index (χ1) is 11.0. The topological polar surface area (TPSA) is 66.4 Å². The molecule has 1 atom stereocenters. The summed E-state index contributed by atoms with van der Waals surface area (Å²) >= 11 is 0. The van der Waals surface area contributed by atoms with Crippen molar-refractivity contribution in [2.24, 2.45) is 0 Å². The Morgan fingerprint density at radius 3 is 2.43 bits per heavy atom. The molecule has 0 unspecified atom stereocenters. The molecular weight excluding hydrogens is 292 g/mol. The number of amides is 2. The molecule has 3 rings (SSSR count). The second-order valence-electron chi connectivity index (χ2n) is 5.69. The predicted molar refractivity (Wildman–Crippen MR) is 87.5 cm³/mol. The number of aryl methyl sites for hydroxylation is 1. The summed E-state index contributed by atoms with van der Waals surface area (Å²) in [5.74, 6) is -0.243. The minimum absolute atomic E-state index is 0.0350. The van der Waals surface area contributed by atoms with Crippen molar-refractivity contribution in [2.75, 3.05) is 16.3 Å². The molecule has 0 saturated carbocycles. The molecule has 1 aliphatic heterocycles. The summed E-state index contributed by atoms with van der Waals surface area (Å²) in [5.41, 5.74) is 2.52. The van der Waals surface area contributed by atoms with Crippen LogP contribution in [0.5, 0.6) is 0 Å². The van der Waals surface area contributed by atoms with Gasteiger partial charge in [-0.3, -0.25) is 14.6 Å². The molecule has 0 fully saturated rings. The van der Waals surface area contributed by atoms with E-state index in [0.717, 1.165) is 11.4 Å². The van der Waals surface area contributed by atoms with E-state index in [2.05, 4.69) is 9.97 Å². The molecule has 118 valence electrons. The van der Waals surface area contributed by atoms with Crippen LogP contribution in [0.3, 0.4) is 0 Å². The number of rotatable bonds is 1. The van der Waals surface area contributed by atoms with E-state index in [-0.39, 0.29) is 17.9 Å². The van der Waals surface area contributed by atoms with Gasteiger partial charge in [0.25, 0.3) is 5.91 Å². The van der Waals surface area contributed by atoms with Crippen molar-refractivity contribution in [2.45, 2.75) is 26.8 Å². The maximum absolute atomic E-state index is 12.8. The number of carbonyl (C=O) groups excluding carboxylic acids is 2. The van der Waals surface area contributed by atoms with Gasteiger partial charge < -0.3 is 9.80 Å². The van der Waals surface area contributed by atoms with Crippen molar-refractivity contribution < 1.29 is 9.59 Å². The van der Waals surface area contributed by atoms with Crippen LogP contribution in [0, 0.1) is 6.92 Å². The fraction of sp³-hybridized carbons (Fsp3) is 0.294. The van der Waals surface area contributed by atoms with Crippen molar-refractivity contribution in [1.82, 2.24) is 9.97 Å². The maximum atomic E-state index is 12.8. The van der Waals surface area contributed by atoms with Gasteiger partial charge in [-0.2, -0.15) is 0 Å². The van der Waals surface area contributed by atoms with Crippen LogP contribution in [0.1, 0.15) is 30.0 Å². The number of anilines is 2. The van der Waals surface area contributed by atoms with E-state index < -0.39 is 0 Å². The summed E-state index contributed by atoms with van der Waals surface area (Å²) in [6, 6.07) is 7.31. The Morgan fingerprint density at radius 2 is 1.83 bits per heavy atom. The Balaban J connectivity index is 2.03. The number of nitrogens with zero attached hydrogens (tertiary/aromatic N) is 4. The largest absolute Gasteiger partial charge is 0.306 e. The fourth-order valence-corrected chi connectivity index (χ4v) is 2.89. The van der Waals surface area contributed by atoms with Crippen LogP contribution in [-0.4, -0.2) is 34.4 Å². The monoisotopic (exact) mass is 310 g/mol. The van der Waals surface area contributed by atoms with Crippen LogP contribution in [0.25, 0.3) is 0 Å². The molecule has 0 radical (unpaired) electrons. The summed E-state index contributed by atoms with van der Waals surface area (Å²) in [5, 5.41) is 0. The highest BCUT2D eigenvalue weighted by atomic mass is 16.2. The van der Waals surface area contributed by atoms with Gasteiger partial charge in [0.1, 0.15) is 5.69 Å². The lowest BCUT2D eigenvalue weighted by molar-refractivity contribution is -0.117. The number of hydrogen-bond acceptors (Lipinski definition) is 4. The van der Waals surface area contributed by atoms with Crippen molar-refractivity contribution in [3.8, 4) is 0 Å². The Labute approximate surface area is 134 Å². The van der Waals surface area contributed by atoms with E-state index in [1.165, 1.54) is 13.1 Å². The van der Waals surface area contributed by atoms with E-state index in [1.54, 1.807) is 16.0 Å². The van der Waals surface area contributed by atoms with Crippen LogP contribution < -0.4 is 9.80 Å². The van der Waals surface area contributed by atoms with Crippen molar-refractivity contribution in [3.63, 3.8) is 0 Å². The van der Waals surface area contributed by atoms with Gasteiger partial charge in [-0.05, 0) is 26.0 Å². The zero-order valence-corrected chi connectivity index (χ0v) is 13.4. The highest BCUT2D eigenvalue weighted by molar-refractivity contribution is 6.09. The number of carbonyl (C=O) groups is 2. The Bertz CT molecular complexity index is 757. The van der Waals surface area contributed by atoms with Crippen molar-refractivity contribution in [1.29, 1.82) is 0 Å². The summed E-state index contributed by atoms with van der Waals surface area (Å²) in [7, 11) is 0. The number of benzene rings is 1. The molecule has 6 heteroatoms. The summed E-state index contributed by atoms with van der Waals surface area (Å²) in [6.45, 7) is 5.71. The third kappa shape index (κ3) is 2.67. The highest BCUT2D eigenvalue weighted by Gasteiger charge is 2.34. The zero-order chi connectivity index (χ0) is 16.6. The second-order valence-corrected chi connectivity index (χ2v) is 5.69. The second kappa shape index (κ2) is 5.79. The molecule has 2 heterocycles. The van der Waals surface area contributed by atoms with Gasteiger partial charge in [-0.1, -0.05) is 12.1 Å². The van der Waals surface area contributed by atoms with E-state index in [9.17, 15) is 9.59 Å². The van der Waals surface area contributed by atoms with E-state index in [0.29, 0.717) is 17.9 Å². The van der Waals surface area contributed by atoms with Crippen LogP contribution >= 0.6 is 0 Å². The van der Waals surface area contributed by atoms with E-state index in [1.807, 2.05) is 38.1 Å². The van der Waals surface area contributed by atoms with Gasteiger partial charge in [0.05, 0.1) is 29.3 Å². The smallest absolute Gasteiger partial charge is 0.278 e. The lowest BCUT2D eigenvalue weighted by Crippen LogP contribution is -2.51. The molecule has 2 amide bonds. The molecular formula is C17H18N4O2. The Kier molecular flexibility index (Phi) is 3.82. The van der Waals surface area contributed by atoms with Gasteiger partial charge in [-0.25, -0.2) is 4.98 Å². The van der Waals surface area contributed by atoms with Crippen LogP contribution in [0.2, 0.25) is 0 Å². The minimum Gasteiger partial charge on any atom is -0.306 e. The molecule has 0 aliphatic carbocycles. The lowest BCUT2D eigenvalue weighted by atomic mass is 10.1. The van der Waals surface area contributed by atoms with E-state index in [4.69, 9.17) is 0 Å². The molecule has 1 aromatic heterocycles. The lowest BCUT2D eigenvalue weighted by Gasteiger charge is -2.40. The summed E-state index contributed by atoms with van der Waals surface area (Å²) in [4.78, 5) is 36.5. The quantitative estimate of drug-likeness (QED) is 0.810. The van der Waals surface area contributed by atoms with Gasteiger partial charge >= 0.3 is 0 Å². The van der Waals surface area contributed by atoms with Gasteiger partial charge in [0, 0.05) is 19.7 Å². The highest BCUT2D eigenvalue weighted by Crippen LogP contribution is 2.35. The number of hydrogen-bond donors (Lipinski definition) is 0. The standard InChI is InChI=1S/C17H18N4O2/c1-11-8-19-14(9-18-11)17(23)20-10-12(2)21(13(3)22)16-7-5-4-6-15(16)20/h4-9,12H,10H2,1-3H3/t12-/m0/s1. The molecule has 2 aromatic rings. The molecule has 0 spiro atoms. The molecule has 1 aliphatic rings. The Hall–Kier alpha value is -2.76. The van der Waals surface area contributed by atoms with Gasteiger partial charge in [-0.15, -0.1) is 0 Å². The van der Waals surface area contributed by atoms with Crippen LogP contribution in [-0.2, 0) is 4.79 Å². The normalized spacial score (nSPS) is 16.9. The van der Waals surface area contributed by atoms with E-state index >= 15 is 0 Å². The molecule has 6 nitrogen and oxygen atoms in total. The molecule has 0 saturated heterocycles. The average Bonchev–Trinajstić information content (AvgIpc) is 2.53. The van der Waals surface area contributed by atoms with Gasteiger partial charge in [0.2, 0.25) is 5.91 Å². The predicted octanol–water partition coefficient (Wildman–Crippen LogP) is 2.19. The number of fused-ring (bicyclic) bond motifs is 1. The summed E-state index contributed by atoms with van der Waals surface area (Å²) in [6.07, 6.45) is 3.07. The van der Waals surface area contributed by atoms with Crippen molar-refractivity contribution >= 4 is 23.2 Å².